The number of halogens is 2. The zero-order valence-corrected chi connectivity index (χ0v) is 17.4. The van der Waals surface area contributed by atoms with Gasteiger partial charge >= 0.3 is 5.97 Å². The van der Waals surface area contributed by atoms with Crippen LogP contribution in [-0.4, -0.2) is 34.6 Å². The van der Waals surface area contributed by atoms with Crippen molar-refractivity contribution in [1.82, 2.24) is 9.88 Å². The lowest BCUT2D eigenvalue weighted by atomic mass is 9.87. The number of carbonyl (C=O) groups is 1. The zero-order valence-electron chi connectivity index (χ0n) is 16.6. The van der Waals surface area contributed by atoms with E-state index >= 15 is 0 Å². The molecule has 0 aliphatic carbocycles. The van der Waals surface area contributed by atoms with E-state index in [2.05, 4.69) is 29.1 Å². The minimum atomic E-state index is -0.931. The third-order valence-corrected chi connectivity index (χ3v) is 6.07. The van der Waals surface area contributed by atoms with Crippen LogP contribution in [0.3, 0.4) is 0 Å². The summed E-state index contributed by atoms with van der Waals surface area (Å²) >= 11 is 5.88. The summed E-state index contributed by atoms with van der Waals surface area (Å²) in [5, 5.41) is 9.80. The van der Waals surface area contributed by atoms with Crippen molar-refractivity contribution >= 4 is 17.6 Å². The summed E-state index contributed by atoms with van der Waals surface area (Å²) in [4.78, 5) is 17.9. The molecule has 0 radical (unpaired) electrons. The van der Waals surface area contributed by atoms with Gasteiger partial charge in [-0.3, -0.25) is 9.88 Å². The van der Waals surface area contributed by atoms with Crippen LogP contribution in [0, 0.1) is 5.82 Å². The van der Waals surface area contributed by atoms with E-state index in [9.17, 15) is 14.3 Å². The average molecular weight is 425 g/mol. The first-order valence-corrected chi connectivity index (χ1v) is 10.3. The molecule has 2 heterocycles. The number of aromatic nitrogens is 1. The third-order valence-electron chi connectivity index (χ3n) is 5.83. The standard InChI is InChI=1S/C24H22ClFN2O2/c1-28-11-9-16-12-15(19-6-4-18(25)13-22(19)26)2-5-20(16)23(28)7-3-17-14-27-10-8-21(17)24(29)30/h2,4-6,8,10,12-14,23H,3,7,9,11H2,1H3,(H,29,30)/t23-/m1/s1. The second kappa shape index (κ2) is 8.54. The molecule has 2 aromatic carbocycles. The summed E-state index contributed by atoms with van der Waals surface area (Å²) in [6, 6.07) is 12.5. The number of likely N-dealkylation sites (N-methyl/N-ethyl adjacent to an activating group) is 1. The van der Waals surface area contributed by atoms with Gasteiger partial charge in [0.2, 0.25) is 0 Å². The Morgan fingerprint density at radius 2 is 2.10 bits per heavy atom. The Balaban J connectivity index is 1.61. The largest absolute Gasteiger partial charge is 0.478 e. The summed E-state index contributed by atoms with van der Waals surface area (Å²) in [5.41, 5.74) is 4.84. The number of hydrogen-bond acceptors (Lipinski definition) is 3. The van der Waals surface area contributed by atoms with E-state index in [4.69, 9.17) is 11.6 Å². The van der Waals surface area contributed by atoms with Crippen molar-refractivity contribution in [2.75, 3.05) is 13.6 Å². The summed E-state index contributed by atoms with van der Waals surface area (Å²) < 4.78 is 14.4. The van der Waals surface area contributed by atoms with Gasteiger partial charge in [0, 0.05) is 35.6 Å². The molecular weight excluding hydrogens is 403 g/mol. The number of aromatic carboxylic acids is 1. The molecule has 0 saturated carbocycles. The Labute approximate surface area is 179 Å². The highest BCUT2D eigenvalue weighted by Gasteiger charge is 2.25. The number of pyridine rings is 1. The van der Waals surface area contributed by atoms with Gasteiger partial charge in [-0.2, -0.15) is 0 Å². The Hall–Kier alpha value is -2.76. The molecule has 154 valence electrons. The molecule has 0 unspecified atom stereocenters. The van der Waals surface area contributed by atoms with Crippen molar-refractivity contribution in [1.29, 1.82) is 0 Å². The Morgan fingerprint density at radius 1 is 1.27 bits per heavy atom. The van der Waals surface area contributed by atoms with Crippen LogP contribution in [-0.2, 0) is 12.8 Å². The molecule has 4 nitrogen and oxygen atoms in total. The highest BCUT2D eigenvalue weighted by molar-refractivity contribution is 6.30. The normalized spacial score (nSPS) is 16.3. The maximum atomic E-state index is 14.4. The van der Waals surface area contributed by atoms with E-state index in [-0.39, 0.29) is 11.9 Å². The molecule has 0 bridgehead atoms. The average Bonchev–Trinajstić information content (AvgIpc) is 2.73. The van der Waals surface area contributed by atoms with Crippen molar-refractivity contribution in [2.45, 2.75) is 25.3 Å². The Bertz CT molecular complexity index is 1100. The minimum Gasteiger partial charge on any atom is -0.478 e. The van der Waals surface area contributed by atoms with Gasteiger partial charge in [-0.05, 0) is 72.8 Å². The van der Waals surface area contributed by atoms with Gasteiger partial charge in [-0.25, -0.2) is 9.18 Å². The topological polar surface area (TPSA) is 53.4 Å². The van der Waals surface area contributed by atoms with Crippen molar-refractivity contribution in [3.63, 3.8) is 0 Å². The first kappa shape index (κ1) is 20.5. The summed E-state index contributed by atoms with van der Waals surface area (Å²) in [6.45, 7) is 0.892. The molecule has 0 spiro atoms. The highest BCUT2D eigenvalue weighted by Crippen LogP contribution is 2.35. The van der Waals surface area contributed by atoms with Crippen LogP contribution in [0.5, 0.6) is 0 Å². The molecule has 1 aliphatic rings. The molecule has 1 atom stereocenters. The lowest BCUT2D eigenvalue weighted by molar-refractivity contribution is 0.0695. The van der Waals surface area contributed by atoms with E-state index in [1.54, 1.807) is 24.4 Å². The van der Waals surface area contributed by atoms with Crippen LogP contribution in [0.4, 0.5) is 4.39 Å². The maximum absolute atomic E-state index is 14.4. The van der Waals surface area contributed by atoms with Crippen molar-refractivity contribution < 1.29 is 14.3 Å². The Kier molecular flexibility index (Phi) is 5.84. The SMILES string of the molecule is CN1CCc2cc(-c3ccc(Cl)cc3F)ccc2[C@H]1CCc1cnccc1C(=O)O. The second-order valence-electron chi connectivity index (χ2n) is 7.66. The van der Waals surface area contributed by atoms with E-state index in [0.29, 0.717) is 22.6 Å². The number of fused-ring (bicyclic) bond motifs is 1. The second-order valence-corrected chi connectivity index (χ2v) is 8.10. The number of nitrogens with zero attached hydrogens (tertiary/aromatic N) is 2. The number of benzene rings is 2. The molecule has 1 aliphatic heterocycles. The van der Waals surface area contributed by atoms with Crippen molar-refractivity contribution in [3.8, 4) is 11.1 Å². The lowest BCUT2D eigenvalue weighted by Crippen LogP contribution is -2.32. The van der Waals surface area contributed by atoms with Crippen LogP contribution in [0.1, 0.15) is 39.5 Å². The molecule has 4 rings (SSSR count). The van der Waals surface area contributed by atoms with Gasteiger partial charge in [0.05, 0.1) is 5.56 Å². The first-order valence-electron chi connectivity index (χ1n) is 9.88. The minimum absolute atomic E-state index is 0.166. The summed E-state index contributed by atoms with van der Waals surface area (Å²) in [7, 11) is 2.09. The Morgan fingerprint density at radius 3 is 2.87 bits per heavy atom. The van der Waals surface area contributed by atoms with Crippen molar-refractivity contribution in [2.24, 2.45) is 0 Å². The molecule has 6 heteroatoms. The van der Waals surface area contributed by atoms with Crippen LogP contribution in [0.25, 0.3) is 11.1 Å². The van der Waals surface area contributed by atoms with Gasteiger partial charge in [-0.15, -0.1) is 0 Å². The summed E-state index contributed by atoms with van der Waals surface area (Å²) in [6.07, 6.45) is 5.44. The molecule has 30 heavy (non-hydrogen) atoms. The number of aryl methyl sites for hydroxylation is 1. The third kappa shape index (κ3) is 4.09. The number of carboxylic acid groups (broad SMARTS) is 1. The zero-order chi connectivity index (χ0) is 21.3. The van der Waals surface area contributed by atoms with Crippen LogP contribution in [0.2, 0.25) is 5.02 Å². The van der Waals surface area contributed by atoms with Gasteiger partial charge in [-0.1, -0.05) is 29.8 Å². The maximum Gasteiger partial charge on any atom is 0.336 e. The van der Waals surface area contributed by atoms with E-state index in [1.807, 2.05) is 6.07 Å². The first-order chi connectivity index (χ1) is 14.4. The smallest absolute Gasteiger partial charge is 0.336 e. The fraction of sp³-hybridized carbons (Fsp3) is 0.250. The monoisotopic (exact) mass is 424 g/mol. The fourth-order valence-electron chi connectivity index (χ4n) is 4.23. The quantitative estimate of drug-likeness (QED) is 0.595. The molecule has 3 aromatic rings. The molecular formula is C24H22ClFN2O2. The fourth-order valence-corrected chi connectivity index (χ4v) is 4.39. The van der Waals surface area contributed by atoms with Crippen LogP contribution in [0.15, 0.2) is 54.9 Å². The predicted molar refractivity (Wildman–Crippen MR) is 115 cm³/mol. The van der Waals surface area contributed by atoms with Crippen LogP contribution >= 0.6 is 11.6 Å². The highest BCUT2D eigenvalue weighted by atomic mass is 35.5. The van der Waals surface area contributed by atoms with Gasteiger partial charge < -0.3 is 5.11 Å². The number of carboxylic acids is 1. The van der Waals surface area contributed by atoms with Crippen LogP contribution < -0.4 is 0 Å². The molecule has 0 fully saturated rings. The van der Waals surface area contributed by atoms with E-state index in [0.717, 1.165) is 30.5 Å². The molecule has 1 aromatic heterocycles. The van der Waals surface area contributed by atoms with Gasteiger partial charge in [0.25, 0.3) is 0 Å². The molecule has 0 amide bonds. The molecule has 0 saturated heterocycles. The van der Waals surface area contributed by atoms with E-state index < -0.39 is 5.97 Å². The number of hydrogen-bond donors (Lipinski definition) is 1. The van der Waals surface area contributed by atoms with E-state index in [1.165, 1.54) is 23.4 Å². The number of rotatable bonds is 5. The van der Waals surface area contributed by atoms with Crippen molar-refractivity contribution in [3.05, 3.63) is 88.0 Å². The summed E-state index contributed by atoms with van der Waals surface area (Å²) in [5.74, 6) is -1.26. The van der Waals surface area contributed by atoms with Gasteiger partial charge in [0.15, 0.2) is 0 Å². The lowest BCUT2D eigenvalue weighted by Gasteiger charge is -2.35. The molecule has 1 N–H and O–H groups in total. The van der Waals surface area contributed by atoms with Gasteiger partial charge in [0.1, 0.15) is 5.82 Å². The predicted octanol–water partition coefficient (Wildman–Crippen LogP) is 5.40.